The van der Waals surface area contributed by atoms with E-state index in [0.717, 1.165) is 11.4 Å². The van der Waals surface area contributed by atoms with Crippen molar-refractivity contribution in [1.82, 2.24) is 9.97 Å². The molecule has 0 fully saturated rings. The molecule has 0 aliphatic heterocycles. The highest BCUT2D eigenvalue weighted by Crippen LogP contribution is 2.25. The van der Waals surface area contributed by atoms with Crippen LogP contribution in [-0.2, 0) is 0 Å². The maximum atomic E-state index is 4.24. The van der Waals surface area contributed by atoms with Gasteiger partial charge in [-0.1, -0.05) is 39.8 Å². The van der Waals surface area contributed by atoms with Crippen LogP contribution in [0.25, 0.3) is 12.2 Å². The van der Waals surface area contributed by atoms with Gasteiger partial charge in [-0.3, -0.25) is 9.97 Å². The Hall–Kier alpha value is -1.44. The normalized spacial score (nSPS) is 16.0. The molecule has 2 heteroatoms. The number of hydrogen-bond donors (Lipinski definition) is 0. The Kier molecular flexibility index (Phi) is 3.78. The third kappa shape index (κ3) is 3.01. The standard InChI is InChI=1S/C11H12N2.C2H6/c1-11(2)5-3-9-10(4-6-11)13-8-7-12-9;1-2/h3-8H,1-2H3;1-2H3. The van der Waals surface area contributed by atoms with E-state index in [0.29, 0.717) is 0 Å². The Labute approximate surface area is 91.8 Å². The van der Waals surface area contributed by atoms with Crippen LogP contribution in [0.3, 0.4) is 0 Å². The van der Waals surface area contributed by atoms with Crippen molar-refractivity contribution in [2.75, 3.05) is 0 Å². The monoisotopic (exact) mass is 202 g/mol. The van der Waals surface area contributed by atoms with Crippen molar-refractivity contribution < 1.29 is 0 Å². The molecule has 0 saturated heterocycles. The molecule has 0 bridgehead atoms. The van der Waals surface area contributed by atoms with E-state index >= 15 is 0 Å². The van der Waals surface area contributed by atoms with Gasteiger partial charge in [-0.2, -0.15) is 0 Å². The average molecular weight is 202 g/mol. The van der Waals surface area contributed by atoms with Crippen LogP contribution in [0.15, 0.2) is 24.5 Å². The van der Waals surface area contributed by atoms with Crippen molar-refractivity contribution in [1.29, 1.82) is 0 Å². The van der Waals surface area contributed by atoms with Gasteiger partial charge in [-0.25, -0.2) is 0 Å². The highest BCUT2D eigenvalue weighted by molar-refractivity contribution is 5.63. The smallest absolute Gasteiger partial charge is 0.0883 e. The first-order chi connectivity index (χ1) is 7.17. The quantitative estimate of drug-likeness (QED) is 0.642. The zero-order valence-electron chi connectivity index (χ0n) is 9.86. The first-order valence-electron chi connectivity index (χ1n) is 5.37. The molecule has 0 unspecified atom stereocenters. The zero-order chi connectivity index (χ0) is 11.3. The predicted octanol–water partition coefficient (Wildman–Crippen LogP) is 3.57. The Morgan fingerprint density at radius 2 is 1.27 bits per heavy atom. The van der Waals surface area contributed by atoms with Gasteiger partial charge in [-0.05, 0) is 12.2 Å². The van der Waals surface area contributed by atoms with Crippen LogP contribution in [-0.4, -0.2) is 9.97 Å². The summed E-state index contributed by atoms with van der Waals surface area (Å²) >= 11 is 0. The molecule has 1 heterocycles. The summed E-state index contributed by atoms with van der Waals surface area (Å²) < 4.78 is 0. The third-order valence-electron chi connectivity index (χ3n) is 2.10. The number of fused-ring (bicyclic) bond motifs is 1. The number of aromatic nitrogens is 2. The van der Waals surface area contributed by atoms with Crippen LogP contribution in [0, 0.1) is 5.41 Å². The van der Waals surface area contributed by atoms with Crippen molar-refractivity contribution >= 4 is 12.2 Å². The lowest BCUT2D eigenvalue weighted by atomic mass is 9.93. The van der Waals surface area contributed by atoms with Crippen molar-refractivity contribution in [2.24, 2.45) is 5.41 Å². The van der Waals surface area contributed by atoms with Gasteiger partial charge in [0.2, 0.25) is 0 Å². The van der Waals surface area contributed by atoms with Crippen LogP contribution in [0.4, 0.5) is 0 Å². The molecule has 1 aromatic rings. The lowest BCUT2D eigenvalue weighted by Crippen LogP contribution is -2.00. The Balaban J connectivity index is 0.000000531. The predicted molar refractivity (Wildman–Crippen MR) is 65.2 cm³/mol. The summed E-state index contributed by atoms with van der Waals surface area (Å²) in [7, 11) is 0. The minimum atomic E-state index is 0.0996. The fraction of sp³-hybridized carbons (Fsp3) is 0.385. The Morgan fingerprint density at radius 3 is 1.67 bits per heavy atom. The first kappa shape index (κ1) is 11.6. The van der Waals surface area contributed by atoms with Gasteiger partial charge in [0.05, 0.1) is 11.4 Å². The van der Waals surface area contributed by atoms with Crippen molar-refractivity contribution in [3.63, 3.8) is 0 Å². The SMILES string of the molecule is CC.CC1(C)C=Cc2nccnc2C=C1. The van der Waals surface area contributed by atoms with Gasteiger partial charge in [0.15, 0.2) is 0 Å². The first-order valence-corrected chi connectivity index (χ1v) is 5.37. The van der Waals surface area contributed by atoms with Gasteiger partial charge in [0.25, 0.3) is 0 Å². The second kappa shape index (κ2) is 4.87. The molecule has 2 nitrogen and oxygen atoms in total. The molecule has 0 N–H and O–H groups in total. The molecular formula is C13H18N2. The summed E-state index contributed by atoms with van der Waals surface area (Å²) in [4.78, 5) is 8.49. The fourth-order valence-electron chi connectivity index (χ4n) is 1.26. The van der Waals surface area contributed by atoms with E-state index in [1.54, 1.807) is 12.4 Å². The fourth-order valence-corrected chi connectivity index (χ4v) is 1.26. The summed E-state index contributed by atoms with van der Waals surface area (Å²) in [5.41, 5.74) is 2.00. The van der Waals surface area contributed by atoms with Crippen molar-refractivity contribution in [3.05, 3.63) is 35.9 Å². The van der Waals surface area contributed by atoms with E-state index in [-0.39, 0.29) is 5.41 Å². The molecule has 1 aliphatic carbocycles. The molecule has 0 saturated carbocycles. The van der Waals surface area contributed by atoms with E-state index in [4.69, 9.17) is 0 Å². The lowest BCUT2D eigenvalue weighted by Gasteiger charge is -2.11. The van der Waals surface area contributed by atoms with Crippen LogP contribution >= 0.6 is 0 Å². The molecule has 0 spiro atoms. The molecule has 1 aliphatic rings. The van der Waals surface area contributed by atoms with E-state index in [9.17, 15) is 0 Å². The molecule has 0 amide bonds. The topological polar surface area (TPSA) is 25.8 Å². The van der Waals surface area contributed by atoms with Gasteiger partial charge < -0.3 is 0 Å². The van der Waals surface area contributed by atoms with Gasteiger partial charge in [0.1, 0.15) is 0 Å². The van der Waals surface area contributed by atoms with Crippen LogP contribution in [0.1, 0.15) is 39.1 Å². The largest absolute Gasteiger partial charge is 0.253 e. The summed E-state index contributed by atoms with van der Waals surface area (Å²) in [6.45, 7) is 8.32. The number of nitrogens with zero attached hydrogens (tertiary/aromatic N) is 2. The minimum Gasteiger partial charge on any atom is -0.253 e. The maximum absolute atomic E-state index is 4.24. The van der Waals surface area contributed by atoms with E-state index < -0.39 is 0 Å². The van der Waals surface area contributed by atoms with E-state index in [1.165, 1.54) is 0 Å². The van der Waals surface area contributed by atoms with E-state index in [2.05, 4.69) is 36.0 Å². The average Bonchev–Trinajstić information content (AvgIpc) is 2.42. The van der Waals surface area contributed by atoms with Crippen molar-refractivity contribution in [3.8, 4) is 0 Å². The third-order valence-corrected chi connectivity index (χ3v) is 2.10. The van der Waals surface area contributed by atoms with Gasteiger partial charge in [0, 0.05) is 17.8 Å². The molecule has 15 heavy (non-hydrogen) atoms. The van der Waals surface area contributed by atoms with Crippen molar-refractivity contribution in [2.45, 2.75) is 27.7 Å². The van der Waals surface area contributed by atoms with E-state index in [1.807, 2.05) is 26.0 Å². The minimum absolute atomic E-state index is 0.0996. The molecule has 0 radical (unpaired) electrons. The maximum Gasteiger partial charge on any atom is 0.0883 e. The zero-order valence-corrected chi connectivity index (χ0v) is 9.86. The second-order valence-electron chi connectivity index (χ2n) is 3.81. The molecular weight excluding hydrogens is 184 g/mol. The molecule has 1 aromatic heterocycles. The van der Waals surface area contributed by atoms with Crippen LogP contribution in [0.2, 0.25) is 0 Å². The van der Waals surface area contributed by atoms with Crippen LogP contribution in [0.5, 0.6) is 0 Å². The summed E-state index contributed by atoms with van der Waals surface area (Å²) in [5.74, 6) is 0. The lowest BCUT2D eigenvalue weighted by molar-refractivity contribution is 0.633. The highest BCUT2D eigenvalue weighted by Gasteiger charge is 2.12. The summed E-state index contributed by atoms with van der Waals surface area (Å²) in [6, 6.07) is 0. The summed E-state index contributed by atoms with van der Waals surface area (Å²) in [5, 5.41) is 0. The van der Waals surface area contributed by atoms with Gasteiger partial charge >= 0.3 is 0 Å². The molecule has 80 valence electrons. The Morgan fingerprint density at radius 1 is 0.867 bits per heavy atom. The number of hydrogen-bond acceptors (Lipinski definition) is 2. The Bertz CT molecular complexity index is 341. The van der Waals surface area contributed by atoms with Gasteiger partial charge in [-0.15, -0.1) is 0 Å². The molecule has 0 atom stereocenters. The second-order valence-corrected chi connectivity index (χ2v) is 3.81. The highest BCUT2D eigenvalue weighted by atomic mass is 14.8. The summed E-state index contributed by atoms with van der Waals surface area (Å²) in [6.07, 6.45) is 11.8. The van der Waals surface area contributed by atoms with Crippen LogP contribution < -0.4 is 0 Å². The molecule has 0 aromatic carbocycles. The number of allylic oxidation sites excluding steroid dienone is 2. The molecule has 2 rings (SSSR count). The number of rotatable bonds is 0.